The number of hydrogen-bond donors (Lipinski definition) is 2. The number of rotatable bonds is 5. The molecule has 1 heterocycles. The predicted octanol–water partition coefficient (Wildman–Crippen LogP) is 4.15. The number of amides is 1. The maximum atomic E-state index is 14.4. The van der Waals surface area contributed by atoms with Gasteiger partial charge >= 0.3 is 0 Å². The van der Waals surface area contributed by atoms with Crippen LogP contribution in [0.15, 0.2) is 40.8 Å². The summed E-state index contributed by atoms with van der Waals surface area (Å²) < 4.78 is 26.1. The van der Waals surface area contributed by atoms with Crippen molar-refractivity contribution >= 4 is 16.9 Å². The van der Waals surface area contributed by atoms with Gasteiger partial charge in [-0.2, -0.15) is 5.26 Å². The smallest absolute Gasteiger partial charge is 0.287 e. The molecule has 0 bridgehead atoms. The van der Waals surface area contributed by atoms with Crippen LogP contribution in [0, 0.1) is 17.1 Å². The Kier molecular flexibility index (Phi) is 5.18. The van der Waals surface area contributed by atoms with Gasteiger partial charge < -0.3 is 19.6 Å². The second kappa shape index (κ2) is 7.81. The van der Waals surface area contributed by atoms with Gasteiger partial charge in [-0.1, -0.05) is 0 Å². The fourth-order valence-corrected chi connectivity index (χ4v) is 3.56. The SMILES string of the molecule is CC(C)Oc1ccc(C#N)cc1-c1cc(F)cc2cc(C(=O)N[C@H]3C[C@@H](O)C3)oc12. The van der Waals surface area contributed by atoms with E-state index in [-0.39, 0.29) is 17.9 Å². The molecule has 0 saturated heterocycles. The van der Waals surface area contributed by atoms with E-state index in [4.69, 9.17) is 9.15 Å². The predicted molar refractivity (Wildman–Crippen MR) is 109 cm³/mol. The number of benzene rings is 2. The van der Waals surface area contributed by atoms with E-state index in [1.54, 1.807) is 18.2 Å². The Labute approximate surface area is 172 Å². The second-order valence-corrected chi connectivity index (χ2v) is 7.77. The normalized spacial score (nSPS) is 18.1. The number of nitrogens with zero attached hydrogens (tertiary/aromatic N) is 1. The number of nitrogens with one attached hydrogen (secondary N) is 1. The molecule has 4 rings (SSSR count). The standard InChI is InChI=1S/C23H21FN2O4/c1-12(2)29-20-4-3-13(11-25)5-18(20)19-8-15(24)6-14-7-21(30-22(14)19)23(28)26-16-9-17(27)10-16/h3-8,12,16-17,27H,9-10H2,1-2H3,(H,26,28)/t16-,17+. The third-order valence-electron chi connectivity index (χ3n) is 5.01. The van der Waals surface area contributed by atoms with Crippen LogP contribution in [-0.2, 0) is 0 Å². The molecule has 1 fully saturated rings. The van der Waals surface area contributed by atoms with Crippen LogP contribution in [0.5, 0.6) is 5.75 Å². The van der Waals surface area contributed by atoms with Gasteiger partial charge in [-0.3, -0.25) is 4.79 Å². The molecule has 0 unspecified atom stereocenters. The van der Waals surface area contributed by atoms with Gasteiger partial charge in [-0.15, -0.1) is 0 Å². The molecule has 7 heteroatoms. The highest BCUT2D eigenvalue weighted by Gasteiger charge is 2.29. The van der Waals surface area contributed by atoms with Gasteiger partial charge in [0, 0.05) is 22.6 Å². The van der Waals surface area contributed by atoms with Crippen molar-refractivity contribution in [2.75, 3.05) is 0 Å². The van der Waals surface area contributed by atoms with E-state index >= 15 is 0 Å². The van der Waals surface area contributed by atoms with Crippen LogP contribution in [0.2, 0.25) is 0 Å². The number of aliphatic hydroxyl groups excluding tert-OH is 1. The summed E-state index contributed by atoms with van der Waals surface area (Å²) >= 11 is 0. The number of aliphatic hydroxyl groups is 1. The van der Waals surface area contributed by atoms with Crippen LogP contribution in [0.25, 0.3) is 22.1 Å². The van der Waals surface area contributed by atoms with Crippen LogP contribution < -0.4 is 10.1 Å². The minimum Gasteiger partial charge on any atom is -0.490 e. The molecule has 1 aliphatic carbocycles. The molecule has 1 aromatic heterocycles. The lowest BCUT2D eigenvalue weighted by atomic mass is 9.89. The van der Waals surface area contributed by atoms with E-state index in [0.717, 1.165) is 0 Å². The van der Waals surface area contributed by atoms with Crippen molar-refractivity contribution in [1.82, 2.24) is 5.32 Å². The number of nitriles is 1. The van der Waals surface area contributed by atoms with Crippen molar-refractivity contribution in [3.63, 3.8) is 0 Å². The largest absolute Gasteiger partial charge is 0.490 e. The first-order valence-corrected chi connectivity index (χ1v) is 9.77. The van der Waals surface area contributed by atoms with Crippen LogP contribution in [0.3, 0.4) is 0 Å². The summed E-state index contributed by atoms with van der Waals surface area (Å²) in [6.07, 6.45) is 0.487. The monoisotopic (exact) mass is 408 g/mol. The van der Waals surface area contributed by atoms with Crippen molar-refractivity contribution in [3.8, 4) is 22.9 Å². The summed E-state index contributed by atoms with van der Waals surface area (Å²) in [6.45, 7) is 3.74. The van der Waals surface area contributed by atoms with Gasteiger partial charge in [0.05, 0.1) is 23.8 Å². The minimum atomic E-state index is -0.495. The molecule has 1 aliphatic rings. The quantitative estimate of drug-likeness (QED) is 0.661. The molecule has 154 valence electrons. The van der Waals surface area contributed by atoms with Crippen LogP contribution in [-0.4, -0.2) is 29.3 Å². The maximum absolute atomic E-state index is 14.4. The topological polar surface area (TPSA) is 95.5 Å². The number of halogens is 1. The first kappa shape index (κ1) is 19.9. The lowest BCUT2D eigenvalue weighted by molar-refractivity contribution is 0.0552. The number of furan rings is 1. The van der Waals surface area contributed by atoms with E-state index in [2.05, 4.69) is 11.4 Å². The van der Waals surface area contributed by atoms with Crippen molar-refractivity contribution in [2.45, 2.75) is 44.9 Å². The Morgan fingerprint density at radius 1 is 1.27 bits per heavy atom. The number of fused-ring (bicyclic) bond motifs is 1. The zero-order valence-electron chi connectivity index (χ0n) is 16.6. The summed E-state index contributed by atoms with van der Waals surface area (Å²) in [5.41, 5.74) is 1.64. The Morgan fingerprint density at radius 3 is 2.70 bits per heavy atom. The summed E-state index contributed by atoms with van der Waals surface area (Å²) in [6, 6.07) is 11.0. The summed E-state index contributed by atoms with van der Waals surface area (Å²) in [7, 11) is 0. The number of carbonyl (C=O) groups excluding carboxylic acids is 1. The maximum Gasteiger partial charge on any atom is 0.287 e. The first-order valence-electron chi connectivity index (χ1n) is 9.77. The fourth-order valence-electron chi connectivity index (χ4n) is 3.56. The zero-order valence-corrected chi connectivity index (χ0v) is 16.6. The molecule has 0 spiro atoms. The number of carbonyl (C=O) groups is 1. The Bertz CT molecular complexity index is 1160. The lowest BCUT2D eigenvalue weighted by Crippen LogP contribution is -2.46. The molecule has 3 aromatic rings. The molecule has 6 nitrogen and oxygen atoms in total. The molecule has 2 N–H and O–H groups in total. The van der Waals surface area contributed by atoms with Crippen molar-refractivity contribution in [1.29, 1.82) is 5.26 Å². The van der Waals surface area contributed by atoms with E-state index < -0.39 is 17.8 Å². The zero-order chi connectivity index (χ0) is 21.4. The van der Waals surface area contributed by atoms with Crippen molar-refractivity contribution in [3.05, 3.63) is 53.5 Å². The minimum absolute atomic E-state index is 0.0565. The molecule has 0 radical (unpaired) electrons. The van der Waals surface area contributed by atoms with E-state index in [1.807, 2.05) is 13.8 Å². The molecule has 0 atom stereocenters. The Balaban J connectivity index is 1.79. The molecule has 1 amide bonds. The van der Waals surface area contributed by atoms with Crippen LogP contribution in [0.1, 0.15) is 42.8 Å². The van der Waals surface area contributed by atoms with Crippen LogP contribution in [0.4, 0.5) is 4.39 Å². The van der Waals surface area contributed by atoms with E-state index in [9.17, 15) is 19.6 Å². The molecular formula is C23H21FN2O4. The lowest BCUT2D eigenvalue weighted by Gasteiger charge is -2.31. The number of ether oxygens (including phenoxy) is 1. The van der Waals surface area contributed by atoms with Gasteiger partial charge in [0.2, 0.25) is 0 Å². The van der Waals surface area contributed by atoms with Gasteiger partial charge in [0.15, 0.2) is 5.76 Å². The van der Waals surface area contributed by atoms with Gasteiger partial charge in [-0.05, 0) is 63.1 Å². The number of hydrogen-bond acceptors (Lipinski definition) is 5. The second-order valence-electron chi connectivity index (χ2n) is 7.77. The van der Waals surface area contributed by atoms with Crippen molar-refractivity contribution in [2.24, 2.45) is 0 Å². The fraction of sp³-hybridized carbons (Fsp3) is 0.304. The highest BCUT2D eigenvalue weighted by molar-refractivity contribution is 6.01. The summed E-state index contributed by atoms with van der Waals surface area (Å²) in [5, 5.41) is 21.9. The highest BCUT2D eigenvalue weighted by Crippen LogP contribution is 2.38. The molecule has 1 saturated carbocycles. The van der Waals surface area contributed by atoms with Gasteiger partial charge in [0.1, 0.15) is 17.1 Å². The highest BCUT2D eigenvalue weighted by atomic mass is 19.1. The average Bonchev–Trinajstić information content (AvgIpc) is 3.10. The average molecular weight is 408 g/mol. The molecule has 30 heavy (non-hydrogen) atoms. The molecule has 2 aromatic carbocycles. The molecular weight excluding hydrogens is 387 g/mol. The van der Waals surface area contributed by atoms with E-state index in [0.29, 0.717) is 46.3 Å². The van der Waals surface area contributed by atoms with Crippen molar-refractivity contribution < 1.29 is 23.4 Å². The Hall–Kier alpha value is -3.37. The third kappa shape index (κ3) is 3.87. The van der Waals surface area contributed by atoms with Gasteiger partial charge in [0.25, 0.3) is 5.91 Å². The third-order valence-corrected chi connectivity index (χ3v) is 5.01. The van der Waals surface area contributed by atoms with E-state index in [1.165, 1.54) is 18.2 Å². The Morgan fingerprint density at radius 2 is 2.03 bits per heavy atom. The van der Waals surface area contributed by atoms with Crippen LogP contribution >= 0.6 is 0 Å². The first-order chi connectivity index (χ1) is 14.3. The summed E-state index contributed by atoms with van der Waals surface area (Å²) in [4.78, 5) is 12.5. The molecule has 0 aliphatic heterocycles. The van der Waals surface area contributed by atoms with Gasteiger partial charge in [-0.25, -0.2) is 4.39 Å². The summed E-state index contributed by atoms with van der Waals surface area (Å²) in [5.74, 6) is -0.369.